The molecule has 0 bridgehead atoms. The highest BCUT2D eigenvalue weighted by molar-refractivity contribution is 9.10. The minimum Gasteiger partial charge on any atom is -0.378 e. The normalized spacial score (nSPS) is 15.0. The molecule has 1 aliphatic rings. The fourth-order valence-electron chi connectivity index (χ4n) is 3.18. The van der Waals surface area contributed by atoms with Crippen LogP contribution in [0.15, 0.2) is 40.4 Å². The van der Waals surface area contributed by atoms with Gasteiger partial charge in [-0.05, 0) is 48.0 Å². The van der Waals surface area contributed by atoms with Crippen LogP contribution in [0.2, 0.25) is 0 Å². The number of para-hydroxylation sites is 1. The van der Waals surface area contributed by atoms with Crippen molar-refractivity contribution in [2.24, 2.45) is 0 Å². The molecule has 6 heteroatoms. The molecule has 5 nitrogen and oxygen atoms in total. The van der Waals surface area contributed by atoms with E-state index in [0.29, 0.717) is 26.3 Å². The maximum Gasteiger partial charge on any atom is 0.264 e. The van der Waals surface area contributed by atoms with E-state index in [2.05, 4.69) is 26.6 Å². The number of ether oxygens (including phenoxy) is 1. The Balaban J connectivity index is 2.02. The molecule has 0 spiro atoms. The second kappa shape index (κ2) is 7.90. The third-order valence-corrected chi connectivity index (χ3v) is 5.57. The molecule has 0 radical (unpaired) electrons. The minimum absolute atomic E-state index is 0.140. The van der Waals surface area contributed by atoms with Gasteiger partial charge in [-0.3, -0.25) is 4.79 Å². The molecule has 3 rings (SSSR count). The van der Waals surface area contributed by atoms with Crippen LogP contribution in [0.3, 0.4) is 0 Å². The average Bonchev–Trinajstić information content (AvgIpc) is 2.89. The van der Waals surface area contributed by atoms with Crippen LogP contribution in [0.5, 0.6) is 0 Å². The number of benzene rings is 1. The zero-order chi connectivity index (χ0) is 18.7. The van der Waals surface area contributed by atoms with Crippen molar-refractivity contribution in [1.82, 2.24) is 9.47 Å². The first kappa shape index (κ1) is 18.4. The van der Waals surface area contributed by atoms with Gasteiger partial charge in [0, 0.05) is 40.2 Å². The molecule has 0 N–H and O–H groups in total. The van der Waals surface area contributed by atoms with Gasteiger partial charge < -0.3 is 14.2 Å². The van der Waals surface area contributed by atoms with E-state index in [9.17, 15) is 10.1 Å². The summed E-state index contributed by atoms with van der Waals surface area (Å²) in [6.07, 6.45) is 1.68. The quantitative estimate of drug-likeness (QED) is 0.570. The van der Waals surface area contributed by atoms with Gasteiger partial charge in [-0.15, -0.1) is 0 Å². The standard InChI is InChI=1S/C20H20BrN3O2/c1-14-18(12-16(13-22)20(25)23-8-10-26-11-9-23)19(21)15(2)24(14)17-6-4-3-5-7-17/h3-7,12H,8-11H2,1-2H3/b16-12-. The van der Waals surface area contributed by atoms with E-state index >= 15 is 0 Å². The lowest BCUT2D eigenvalue weighted by molar-refractivity contribution is -0.130. The summed E-state index contributed by atoms with van der Waals surface area (Å²) in [6.45, 7) is 6.06. The molecular weight excluding hydrogens is 394 g/mol. The lowest BCUT2D eigenvalue weighted by atomic mass is 10.1. The third kappa shape index (κ3) is 3.46. The van der Waals surface area contributed by atoms with Crippen LogP contribution in [0.4, 0.5) is 0 Å². The SMILES string of the molecule is Cc1c(Br)c(/C=C(/C#N)C(=O)N2CCOCC2)c(C)n1-c1ccccc1. The highest BCUT2D eigenvalue weighted by Gasteiger charge is 2.22. The summed E-state index contributed by atoms with van der Waals surface area (Å²) in [6, 6.07) is 12.1. The highest BCUT2D eigenvalue weighted by Crippen LogP contribution is 2.32. The molecule has 26 heavy (non-hydrogen) atoms. The Labute approximate surface area is 161 Å². The summed E-state index contributed by atoms with van der Waals surface area (Å²) in [5, 5.41) is 9.54. The molecule has 1 amide bonds. The molecule has 1 saturated heterocycles. The largest absolute Gasteiger partial charge is 0.378 e. The smallest absolute Gasteiger partial charge is 0.264 e. The fraction of sp³-hybridized carbons (Fsp3) is 0.300. The van der Waals surface area contributed by atoms with Gasteiger partial charge >= 0.3 is 0 Å². The van der Waals surface area contributed by atoms with Gasteiger partial charge in [-0.1, -0.05) is 18.2 Å². The molecule has 0 atom stereocenters. The summed E-state index contributed by atoms with van der Waals surface area (Å²) in [5.41, 5.74) is 4.03. The summed E-state index contributed by atoms with van der Waals surface area (Å²) >= 11 is 3.63. The summed E-state index contributed by atoms with van der Waals surface area (Å²) < 4.78 is 8.29. The molecule has 1 aromatic heterocycles. The summed E-state index contributed by atoms with van der Waals surface area (Å²) in [7, 11) is 0. The molecule has 1 aliphatic heterocycles. The molecule has 134 valence electrons. The van der Waals surface area contributed by atoms with Gasteiger partial charge in [0.15, 0.2) is 0 Å². The van der Waals surface area contributed by atoms with Crippen molar-refractivity contribution in [3.8, 4) is 11.8 Å². The van der Waals surface area contributed by atoms with E-state index in [-0.39, 0.29) is 11.5 Å². The van der Waals surface area contributed by atoms with Crippen molar-refractivity contribution in [3.05, 3.63) is 57.3 Å². The molecule has 2 aromatic rings. The van der Waals surface area contributed by atoms with Gasteiger partial charge in [0.1, 0.15) is 11.6 Å². The van der Waals surface area contributed by atoms with E-state index < -0.39 is 0 Å². The number of carbonyl (C=O) groups excluding carboxylic acids is 1. The number of nitriles is 1. The van der Waals surface area contributed by atoms with Crippen LogP contribution in [0.25, 0.3) is 11.8 Å². The van der Waals surface area contributed by atoms with Gasteiger partial charge in [0.05, 0.1) is 13.2 Å². The Hall–Kier alpha value is -2.36. The van der Waals surface area contributed by atoms with Crippen LogP contribution in [0.1, 0.15) is 17.0 Å². The number of amides is 1. The summed E-state index contributed by atoms with van der Waals surface area (Å²) in [4.78, 5) is 14.3. The van der Waals surface area contributed by atoms with Crippen molar-refractivity contribution in [3.63, 3.8) is 0 Å². The third-order valence-electron chi connectivity index (χ3n) is 4.57. The molecular formula is C20H20BrN3O2. The first-order valence-electron chi connectivity index (χ1n) is 8.46. The lowest BCUT2D eigenvalue weighted by Crippen LogP contribution is -2.41. The second-order valence-corrected chi connectivity index (χ2v) is 6.94. The fourth-order valence-corrected chi connectivity index (χ4v) is 3.76. The van der Waals surface area contributed by atoms with Crippen LogP contribution in [0, 0.1) is 25.2 Å². The highest BCUT2D eigenvalue weighted by atomic mass is 79.9. The number of rotatable bonds is 3. The average molecular weight is 414 g/mol. The molecule has 0 aliphatic carbocycles. The number of aromatic nitrogens is 1. The predicted molar refractivity (Wildman–Crippen MR) is 104 cm³/mol. The molecule has 1 aromatic carbocycles. The van der Waals surface area contributed by atoms with Crippen LogP contribution in [-0.4, -0.2) is 41.7 Å². The number of halogens is 1. The number of morpholine rings is 1. The zero-order valence-electron chi connectivity index (χ0n) is 14.8. The maximum atomic E-state index is 12.7. The topological polar surface area (TPSA) is 58.3 Å². The minimum atomic E-state index is -0.243. The Morgan fingerprint density at radius 1 is 1.19 bits per heavy atom. The van der Waals surface area contributed by atoms with Crippen molar-refractivity contribution < 1.29 is 9.53 Å². The summed E-state index contributed by atoms with van der Waals surface area (Å²) in [5.74, 6) is -0.243. The predicted octanol–water partition coefficient (Wildman–Crippen LogP) is 3.62. The van der Waals surface area contributed by atoms with E-state index in [1.807, 2.05) is 44.2 Å². The van der Waals surface area contributed by atoms with Gasteiger partial charge in [-0.25, -0.2) is 0 Å². The van der Waals surface area contributed by atoms with Gasteiger partial charge in [0.2, 0.25) is 0 Å². The van der Waals surface area contributed by atoms with Crippen LogP contribution >= 0.6 is 15.9 Å². The Morgan fingerprint density at radius 2 is 1.85 bits per heavy atom. The van der Waals surface area contributed by atoms with E-state index in [1.54, 1.807) is 11.0 Å². The Bertz CT molecular complexity index is 888. The van der Waals surface area contributed by atoms with Crippen molar-refractivity contribution in [2.75, 3.05) is 26.3 Å². The monoisotopic (exact) mass is 413 g/mol. The maximum absolute atomic E-state index is 12.7. The van der Waals surface area contributed by atoms with E-state index in [4.69, 9.17) is 4.74 Å². The zero-order valence-corrected chi connectivity index (χ0v) is 16.4. The second-order valence-electron chi connectivity index (χ2n) is 6.14. The molecule has 2 heterocycles. The van der Waals surface area contributed by atoms with Crippen LogP contribution < -0.4 is 0 Å². The van der Waals surface area contributed by atoms with Crippen molar-refractivity contribution in [2.45, 2.75) is 13.8 Å². The molecule has 1 fully saturated rings. The van der Waals surface area contributed by atoms with Crippen molar-refractivity contribution >= 4 is 27.9 Å². The first-order valence-corrected chi connectivity index (χ1v) is 9.25. The Kier molecular flexibility index (Phi) is 5.60. The van der Waals surface area contributed by atoms with Gasteiger partial charge in [0.25, 0.3) is 5.91 Å². The van der Waals surface area contributed by atoms with Gasteiger partial charge in [-0.2, -0.15) is 5.26 Å². The number of hydrogen-bond donors (Lipinski definition) is 0. The van der Waals surface area contributed by atoms with Crippen LogP contribution in [-0.2, 0) is 9.53 Å². The lowest BCUT2D eigenvalue weighted by Gasteiger charge is -2.26. The molecule has 0 unspecified atom stereocenters. The van der Waals surface area contributed by atoms with E-state index in [1.165, 1.54) is 0 Å². The number of hydrogen-bond acceptors (Lipinski definition) is 3. The van der Waals surface area contributed by atoms with E-state index in [0.717, 1.165) is 27.1 Å². The number of nitrogens with zero attached hydrogens (tertiary/aromatic N) is 3. The van der Waals surface area contributed by atoms with Crippen molar-refractivity contribution in [1.29, 1.82) is 5.26 Å². The first-order chi connectivity index (χ1) is 12.5. The number of carbonyl (C=O) groups is 1. The molecule has 0 saturated carbocycles. The Morgan fingerprint density at radius 3 is 2.46 bits per heavy atom.